The summed E-state index contributed by atoms with van der Waals surface area (Å²) in [4.78, 5) is 2.48. The van der Waals surface area contributed by atoms with E-state index in [9.17, 15) is 8.42 Å². The third-order valence-corrected chi connectivity index (χ3v) is 5.52. The Morgan fingerprint density at radius 3 is 2.36 bits per heavy atom. The first-order chi connectivity index (χ1) is 13.4. The van der Waals surface area contributed by atoms with E-state index in [1.54, 1.807) is 19.1 Å². The summed E-state index contributed by atoms with van der Waals surface area (Å²) in [7, 11) is -3.70. The zero-order chi connectivity index (χ0) is 20.0. The summed E-state index contributed by atoms with van der Waals surface area (Å²) in [5.74, 6) is 0.733. The molecule has 0 aliphatic heterocycles. The van der Waals surface area contributed by atoms with Crippen molar-refractivity contribution < 1.29 is 13.2 Å². The summed E-state index contributed by atoms with van der Waals surface area (Å²) in [5, 5.41) is 3.87. The van der Waals surface area contributed by atoms with Gasteiger partial charge in [0.1, 0.15) is 12.4 Å². The maximum atomic E-state index is 12.4. The second-order valence-corrected chi connectivity index (χ2v) is 8.09. The van der Waals surface area contributed by atoms with Crippen molar-refractivity contribution in [2.75, 3.05) is 0 Å². The van der Waals surface area contributed by atoms with Gasteiger partial charge in [-0.3, -0.25) is 0 Å². The molecule has 0 saturated heterocycles. The van der Waals surface area contributed by atoms with Gasteiger partial charge < -0.3 is 4.74 Å². The summed E-state index contributed by atoms with van der Waals surface area (Å²) >= 11 is 0. The number of aryl methyl sites for hydroxylation is 2. The SMILES string of the molecule is Cc1ccc(S(=O)(=O)N/N=C/c2ccc(OCc3ccccc3)cc2)c(C)c1. The van der Waals surface area contributed by atoms with Gasteiger partial charge in [-0.25, -0.2) is 4.83 Å². The highest BCUT2D eigenvalue weighted by Crippen LogP contribution is 2.16. The van der Waals surface area contributed by atoms with Crippen LogP contribution in [0.25, 0.3) is 0 Å². The van der Waals surface area contributed by atoms with Crippen LogP contribution in [-0.2, 0) is 16.6 Å². The lowest BCUT2D eigenvalue weighted by molar-refractivity contribution is 0.306. The fourth-order valence-electron chi connectivity index (χ4n) is 2.71. The molecule has 0 heterocycles. The molecular formula is C22H22N2O3S. The number of benzene rings is 3. The lowest BCUT2D eigenvalue weighted by Crippen LogP contribution is -2.19. The Morgan fingerprint density at radius 2 is 1.68 bits per heavy atom. The summed E-state index contributed by atoms with van der Waals surface area (Å²) in [5.41, 5.74) is 3.54. The number of hydrogen-bond acceptors (Lipinski definition) is 4. The minimum absolute atomic E-state index is 0.222. The van der Waals surface area contributed by atoms with Gasteiger partial charge in [0.25, 0.3) is 10.0 Å². The normalized spacial score (nSPS) is 11.5. The van der Waals surface area contributed by atoms with Crippen molar-refractivity contribution in [2.45, 2.75) is 25.3 Å². The highest BCUT2D eigenvalue weighted by atomic mass is 32.2. The molecule has 1 N–H and O–H groups in total. The number of hydrazone groups is 1. The van der Waals surface area contributed by atoms with Crippen molar-refractivity contribution in [3.63, 3.8) is 0 Å². The first-order valence-electron chi connectivity index (χ1n) is 8.83. The van der Waals surface area contributed by atoms with E-state index in [-0.39, 0.29) is 4.90 Å². The molecule has 3 aromatic carbocycles. The van der Waals surface area contributed by atoms with E-state index in [1.807, 2.05) is 67.6 Å². The van der Waals surface area contributed by atoms with E-state index in [0.717, 1.165) is 22.4 Å². The number of nitrogens with one attached hydrogen (secondary N) is 1. The van der Waals surface area contributed by atoms with Crippen molar-refractivity contribution >= 4 is 16.2 Å². The molecule has 0 unspecified atom stereocenters. The molecule has 144 valence electrons. The van der Waals surface area contributed by atoms with Crippen LogP contribution in [0.4, 0.5) is 0 Å². The molecule has 0 radical (unpaired) electrons. The van der Waals surface area contributed by atoms with Gasteiger partial charge in [0, 0.05) is 0 Å². The Balaban J connectivity index is 1.59. The molecule has 0 aliphatic rings. The summed E-state index contributed by atoms with van der Waals surface area (Å²) < 4.78 is 30.5. The van der Waals surface area contributed by atoms with Crippen LogP contribution in [0.3, 0.4) is 0 Å². The highest BCUT2D eigenvalue weighted by molar-refractivity contribution is 7.89. The van der Waals surface area contributed by atoms with Gasteiger partial charge in [0.05, 0.1) is 11.1 Å². The smallest absolute Gasteiger partial charge is 0.276 e. The zero-order valence-electron chi connectivity index (χ0n) is 15.8. The molecule has 5 nitrogen and oxygen atoms in total. The number of ether oxygens (including phenoxy) is 1. The average Bonchev–Trinajstić information content (AvgIpc) is 2.68. The van der Waals surface area contributed by atoms with Crippen LogP contribution in [0.1, 0.15) is 22.3 Å². The third-order valence-electron chi connectivity index (χ3n) is 4.13. The van der Waals surface area contributed by atoms with Gasteiger partial charge in [0.2, 0.25) is 0 Å². The van der Waals surface area contributed by atoms with E-state index in [1.165, 1.54) is 6.21 Å². The molecule has 0 saturated carbocycles. The molecule has 0 atom stereocenters. The van der Waals surface area contributed by atoms with Crippen molar-refractivity contribution in [3.8, 4) is 5.75 Å². The van der Waals surface area contributed by atoms with Gasteiger partial charge in [-0.15, -0.1) is 0 Å². The number of nitrogens with zero attached hydrogens (tertiary/aromatic N) is 1. The van der Waals surface area contributed by atoms with Crippen LogP contribution in [0.2, 0.25) is 0 Å². The standard InChI is InChI=1S/C22H22N2O3S/c1-17-8-13-22(18(2)14-17)28(25,26)24-23-15-19-9-11-21(12-10-19)27-16-20-6-4-3-5-7-20/h3-15,24H,16H2,1-2H3/b23-15+. The highest BCUT2D eigenvalue weighted by Gasteiger charge is 2.15. The van der Waals surface area contributed by atoms with Gasteiger partial charge in [-0.2, -0.15) is 13.5 Å². The van der Waals surface area contributed by atoms with Gasteiger partial charge >= 0.3 is 0 Å². The maximum Gasteiger partial charge on any atom is 0.276 e. The monoisotopic (exact) mass is 394 g/mol. The lowest BCUT2D eigenvalue weighted by Gasteiger charge is -2.08. The molecular weight excluding hydrogens is 372 g/mol. The van der Waals surface area contributed by atoms with Crippen LogP contribution in [0.15, 0.2) is 82.8 Å². The Kier molecular flexibility index (Phi) is 6.11. The lowest BCUT2D eigenvalue weighted by atomic mass is 10.2. The van der Waals surface area contributed by atoms with E-state index in [2.05, 4.69) is 9.93 Å². The molecule has 0 fully saturated rings. The third kappa shape index (κ3) is 5.20. The van der Waals surface area contributed by atoms with Crippen molar-refractivity contribution in [3.05, 3.63) is 95.1 Å². The summed E-state index contributed by atoms with van der Waals surface area (Å²) in [6.07, 6.45) is 1.46. The number of hydrogen-bond donors (Lipinski definition) is 1. The molecule has 0 bridgehead atoms. The second kappa shape index (κ2) is 8.71. The Hall–Kier alpha value is -3.12. The molecule has 3 rings (SSSR count). The van der Waals surface area contributed by atoms with E-state index in [4.69, 9.17) is 4.74 Å². The first kappa shape index (κ1) is 19.6. The molecule has 0 aliphatic carbocycles. The van der Waals surface area contributed by atoms with E-state index in [0.29, 0.717) is 12.2 Å². The van der Waals surface area contributed by atoms with Gasteiger partial charge in [-0.05, 0) is 60.9 Å². The van der Waals surface area contributed by atoms with Gasteiger partial charge in [0.15, 0.2) is 0 Å². The van der Waals surface area contributed by atoms with Gasteiger partial charge in [-0.1, -0.05) is 48.0 Å². The topological polar surface area (TPSA) is 67.8 Å². The zero-order valence-corrected chi connectivity index (χ0v) is 16.6. The molecule has 0 aromatic heterocycles. The second-order valence-electron chi connectivity index (χ2n) is 6.47. The van der Waals surface area contributed by atoms with Crippen LogP contribution < -0.4 is 9.57 Å². The summed E-state index contributed by atoms with van der Waals surface area (Å²) in [6, 6.07) is 22.4. The molecule has 6 heteroatoms. The predicted octanol–water partition coefficient (Wildman–Crippen LogP) is 4.19. The minimum Gasteiger partial charge on any atom is -0.489 e. The quantitative estimate of drug-likeness (QED) is 0.482. The Labute approximate surface area is 165 Å². The fourth-order valence-corrected chi connectivity index (χ4v) is 3.73. The predicted molar refractivity (Wildman–Crippen MR) is 111 cm³/mol. The van der Waals surface area contributed by atoms with E-state index >= 15 is 0 Å². The summed E-state index contributed by atoms with van der Waals surface area (Å²) in [6.45, 7) is 4.17. The molecule has 28 heavy (non-hydrogen) atoms. The van der Waals surface area contributed by atoms with Crippen molar-refractivity contribution in [1.29, 1.82) is 0 Å². The van der Waals surface area contributed by atoms with Crippen LogP contribution in [0.5, 0.6) is 5.75 Å². The largest absolute Gasteiger partial charge is 0.489 e. The number of rotatable bonds is 7. The van der Waals surface area contributed by atoms with Crippen molar-refractivity contribution in [2.24, 2.45) is 5.10 Å². The van der Waals surface area contributed by atoms with Crippen molar-refractivity contribution in [1.82, 2.24) is 4.83 Å². The maximum absolute atomic E-state index is 12.4. The first-order valence-corrected chi connectivity index (χ1v) is 10.3. The van der Waals surface area contributed by atoms with Crippen LogP contribution in [-0.4, -0.2) is 14.6 Å². The molecule has 0 amide bonds. The molecule has 0 spiro atoms. The average molecular weight is 394 g/mol. The Morgan fingerprint density at radius 1 is 0.964 bits per heavy atom. The minimum atomic E-state index is -3.70. The van der Waals surface area contributed by atoms with Crippen LogP contribution in [0, 0.1) is 13.8 Å². The number of sulfonamides is 1. The molecule has 3 aromatic rings. The fraction of sp³-hybridized carbons (Fsp3) is 0.136. The van der Waals surface area contributed by atoms with E-state index < -0.39 is 10.0 Å². The Bertz CT molecular complexity index is 1060. The van der Waals surface area contributed by atoms with Crippen LogP contribution >= 0.6 is 0 Å².